The van der Waals surface area contributed by atoms with Crippen LogP contribution in [-0.2, 0) is 0 Å². The van der Waals surface area contributed by atoms with Crippen molar-refractivity contribution >= 4 is 21.9 Å². The van der Waals surface area contributed by atoms with E-state index in [1.54, 1.807) is 6.20 Å². The SMILES string of the molecule is CC(C)c1nc(=O)oc2cc3cccnc3cc12. The van der Waals surface area contributed by atoms with Gasteiger partial charge in [0, 0.05) is 17.0 Å². The van der Waals surface area contributed by atoms with E-state index in [0.717, 1.165) is 22.0 Å². The fraction of sp³-hybridized carbons (Fsp3) is 0.214. The first-order valence-corrected chi connectivity index (χ1v) is 5.84. The van der Waals surface area contributed by atoms with Gasteiger partial charge in [-0.15, -0.1) is 0 Å². The average molecular weight is 240 g/mol. The number of pyridine rings is 1. The van der Waals surface area contributed by atoms with Crippen molar-refractivity contribution in [1.82, 2.24) is 9.97 Å². The highest BCUT2D eigenvalue weighted by molar-refractivity contribution is 5.94. The Morgan fingerprint density at radius 2 is 2.11 bits per heavy atom. The molecule has 3 aromatic rings. The molecule has 0 aliphatic rings. The van der Waals surface area contributed by atoms with E-state index in [9.17, 15) is 4.79 Å². The lowest BCUT2D eigenvalue weighted by atomic mass is 10.0. The Kier molecular flexibility index (Phi) is 2.37. The molecule has 0 radical (unpaired) electrons. The Balaban J connectivity index is 2.49. The van der Waals surface area contributed by atoms with E-state index in [4.69, 9.17) is 4.42 Å². The summed E-state index contributed by atoms with van der Waals surface area (Å²) in [7, 11) is 0. The molecule has 2 aromatic heterocycles. The molecule has 18 heavy (non-hydrogen) atoms. The molecule has 2 heterocycles. The van der Waals surface area contributed by atoms with Crippen molar-refractivity contribution < 1.29 is 4.42 Å². The van der Waals surface area contributed by atoms with Crippen molar-refractivity contribution in [1.29, 1.82) is 0 Å². The lowest BCUT2D eigenvalue weighted by Crippen LogP contribution is -2.09. The second kappa shape index (κ2) is 3.91. The van der Waals surface area contributed by atoms with Crippen molar-refractivity contribution in [2.24, 2.45) is 0 Å². The summed E-state index contributed by atoms with van der Waals surface area (Å²) >= 11 is 0. The molecule has 0 unspecified atom stereocenters. The van der Waals surface area contributed by atoms with Gasteiger partial charge < -0.3 is 4.42 Å². The maximum atomic E-state index is 11.5. The molecule has 0 fully saturated rings. The van der Waals surface area contributed by atoms with Crippen LogP contribution < -0.4 is 5.76 Å². The second-order valence-electron chi connectivity index (χ2n) is 4.56. The molecule has 3 rings (SSSR count). The monoisotopic (exact) mass is 240 g/mol. The quantitative estimate of drug-likeness (QED) is 0.614. The van der Waals surface area contributed by atoms with Crippen molar-refractivity contribution in [3.63, 3.8) is 0 Å². The standard InChI is InChI=1S/C14H12N2O2/c1-8(2)13-10-7-11-9(4-3-5-15-11)6-12(10)18-14(17)16-13/h3-8H,1-2H3. The van der Waals surface area contributed by atoms with Crippen LogP contribution in [0.15, 0.2) is 39.7 Å². The van der Waals surface area contributed by atoms with E-state index in [2.05, 4.69) is 9.97 Å². The van der Waals surface area contributed by atoms with Gasteiger partial charge in [-0.25, -0.2) is 4.79 Å². The third kappa shape index (κ3) is 1.66. The van der Waals surface area contributed by atoms with Gasteiger partial charge in [-0.05, 0) is 24.1 Å². The van der Waals surface area contributed by atoms with Gasteiger partial charge in [0.25, 0.3) is 0 Å². The van der Waals surface area contributed by atoms with E-state index in [-0.39, 0.29) is 5.92 Å². The van der Waals surface area contributed by atoms with Crippen molar-refractivity contribution in [2.75, 3.05) is 0 Å². The first kappa shape index (κ1) is 10.9. The van der Waals surface area contributed by atoms with Crippen LogP contribution in [0.25, 0.3) is 21.9 Å². The molecule has 4 heteroatoms. The highest BCUT2D eigenvalue weighted by Gasteiger charge is 2.11. The minimum atomic E-state index is -0.547. The number of hydrogen-bond donors (Lipinski definition) is 0. The van der Waals surface area contributed by atoms with Gasteiger partial charge in [0.1, 0.15) is 5.58 Å². The molecule has 90 valence electrons. The Labute approximate surface area is 103 Å². The smallest absolute Gasteiger partial charge is 0.408 e. The number of aromatic nitrogens is 2. The normalized spacial score (nSPS) is 11.5. The summed E-state index contributed by atoms with van der Waals surface area (Å²) in [5.74, 6) is -0.382. The average Bonchev–Trinajstić information content (AvgIpc) is 2.35. The Bertz CT molecular complexity index is 791. The van der Waals surface area contributed by atoms with Gasteiger partial charge in [0.15, 0.2) is 0 Å². The molecule has 0 aliphatic heterocycles. The predicted molar refractivity (Wildman–Crippen MR) is 69.7 cm³/mol. The molecule has 0 saturated carbocycles. The summed E-state index contributed by atoms with van der Waals surface area (Å²) < 4.78 is 5.17. The number of benzene rings is 1. The van der Waals surface area contributed by atoms with Crippen LogP contribution in [0, 0.1) is 0 Å². The Morgan fingerprint density at radius 3 is 2.89 bits per heavy atom. The van der Waals surface area contributed by atoms with Crippen molar-refractivity contribution in [3.05, 3.63) is 46.7 Å². The summed E-state index contributed by atoms with van der Waals surface area (Å²) in [4.78, 5) is 19.7. The third-order valence-corrected chi connectivity index (χ3v) is 2.94. The predicted octanol–water partition coefficient (Wildman–Crippen LogP) is 2.86. The number of fused-ring (bicyclic) bond motifs is 2. The van der Waals surface area contributed by atoms with Gasteiger partial charge in [0.05, 0.1) is 11.2 Å². The summed E-state index contributed by atoms with van der Waals surface area (Å²) in [6.45, 7) is 4.01. The maximum absolute atomic E-state index is 11.5. The number of rotatable bonds is 1. The van der Waals surface area contributed by atoms with Crippen molar-refractivity contribution in [2.45, 2.75) is 19.8 Å². The Hall–Kier alpha value is -2.23. The van der Waals surface area contributed by atoms with E-state index in [1.807, 2.05) is 38.1 Å². The minimum Gasteiger partial charge on any atom is -0.408 e. The number of hydrogen-bond acceptors (Lipinski definition) is 4. The van der Waals surface area contributed by atoms with E-state index >= 15 is 0 Å². The lowest BCUT2D eigenvalue weighted by Gasteiger charge is -2.07. The van der Waals surface area contributed by atoms with Crippen LogP contribution in [0.3, 0.4) is 0 Å². The minimum absolute atomic E-state index is 0.165. The van der Waals surface area contributed by atoms with Crippen LogP contribution in [0.1, 0.15) is 25.5 Å². The first-order valence-electron chi connectivity index (χ1n) is 5.84. The molecule has 0 saturated heterocycles. The van der Waals surface area contributed by atoms with Crippen LogP contribution in [0.4, 0.5) is 0 Å². The summed E-state index contributed by atoms with van der Waals surface area (Å²) in [5.41, 5.74) is 2.20. The van der Waals surface area contributed by atoms with E-state index in [1.165, 1.54) is 0 Å². The molecule has 4 nitrogen and oxygen atoms in total. The van der Waals surface area contributed by atoms with Gasteiger partial charge in [-0.3, -0.25) is 4.98 Å². The summed E-state index contributed by atoms with van der Waals surface area (Å²) in [6.07, 6.45) is 1.75. The topological polar surface area (TPSA) is 56.0 Å². The van der Waals surface area contributed by atoms with E-state index in [0.29, 0.717) is 5.58 Å². The van der Waals surface area contributed by atoms with Gasteiger partial charge in [0.2, 0.25) is 0 Å². The fourth-order valence-corrected chi connectivity index (χ4v) is 2.10. The number of nitrogens with zero attached hydrogens (tertiary/aromatic N) is 2. The first-order chi connectivity index (χ1) is 8.65. The van der Waals surface area contributed by atoms with Gasteiger partial charge in [-0.2, -0.15) is 4.98 Å². The zero-order valence-corrected chi connectivity index (χ0v) is 10.2. The largest absolute Gasteiger partial charge is 0.439 e. The molecular weight excluding hydrogens is 228 g/mol. The molecule has 0 N–H and O–H groups in total. The molecule has 1 aromatic carbocycles. The van der Waals surface area contributed by atoms with Crippen LogP contribution >= 0.6 is 0 Å². The summed E-state index contributed by atoms with van der Waals surface area (Å²) in [5, 5.41) is 1.81. The molecule has 0 amide bonds. The molecular formula is C14H12N2O2. The molecule has 0 bridgehead atoms. The zero-order valence-electron chi connectivity index (χ0n) is 10.2. The van der Waals surface area contributed by atoms with Crippen molar-refractivity contribution in [3.8, 4) is 0 Å². The van der Waals surface area contributed by atoms with Crippen LogP contribution in [0.2, 0.25) is 0 Å². The van der Waals surface area contributed by atoms with Crippen LogP contribution in [0.5, 0.6) is 0 Å². The van der Waals surface area contributed by atoms with E-state index < -0.39 is 5.76 Å². The second-order valence-corrected chi connectivity index (χ2v) is 4.56. The maximum Gasteiger partial charge on any atom is 0.439 e. The molecule has 0 aliphatic carbocycles. The Morgan fingerprint density at radius 1 is 1.28 bits per heavy atom. The lowest BCUT2D eigenvalue weighted by molar-refractivity contribution is 0.523. The fourth-order valence-electron chi connectivity index (χ4n) is 2.10. The molecule has 0 atom stereocenters. The third-order valence-electron chi connectivity index (χ3n) is 2.94. The summed E-state index contributed by atoms with van der Waals surface area (Å²) in [6, 6.07) is 7.57. The highest BCUT2D eigenvalue weighted by atomic mass is 16.4. The van der Waals surface area contributed by atoms with Gasteiger partial charge >= 0.3 is 5.76 Å². The van der Waals surface area contributed by atoms with Crippen LogP contribution in [-0.4, -0.2) is 9.97 Å². The van der Waals surface area contributed by atoms with Gasteiger partial charge in [-0.1, -0.05) is 19.9 Å². The zero-order chi connectivity index (χ0) is 12.7. The molecule has 0 spiro atoms. The highest BCUT2D eigenvalue weighted by Crippen LogP contribution is 2.25.